The zero-order valence-electron chi connectivity index (χ0n) is 8.85. The van der Waals surface area contributed by atoms with E-state index in [1.807, 2.05) is 0 Å². The summed E-state index contributed by atoms with van der Waals surface area (Å²) in [5, 5.41) is 9.39. The van der Waals surface area contributed by atoms with Gasteiger partial charge in [0.2, 0.25) is 0 Å². The highest BCUT2D eigenvalue weighted by atomic mass is 16.5. The molecular weight excluding hydrogens is 180 g/mol. The van der Waals surface area contributed by atoms with Gasteiger partial charge >= 0.3 is 0 Å². The van der Waals surface area contributed by atoms with Gasteiger partial charge in [0.05, 0.1) is 18.8 Å². The fourth-order valence-corrected chi connectivity index (χ4v) is 2.24. The van der Waals surface area contributed by atoms with Gasteiger partial charge in [0, 0.05) is 32.7 Å². The van der Waals surface area contributed by atoms with Crippen molar-refractivity contribution >= 4 is 0 Å². The molecule has 0 spiro atoms. The van der Waals surface area contributed by atoms with Crippen LogP contribution < -0.4 is 0 Å². The van der Waals surface area contributed by atoms with E-state index in [1.165, 1.54) is 0 Å². The maximum Gasteiger partial charge on any atom is 0.0829 e. The van der Waals surface area contributed by atoms with Crippen LogP contribution in [0.5, 0.6) is 0 Å². The molecule has 0 aromatic rings. The minimum absolute atomic E-state index is 0.115. The molecule has 2 aliphatic rings. The standard InChI is InChI=1S/C10H20N2O2/c1-11-4-5-14-10(7-11)8-12-3-2-9(13)6-12/h9-10,13H,2-8H2,1H3/t9-,10?/m1/s1. The fourth-order valence-electron chi connectivity index (χ4n) is 2.24. The van der Waals surface area contributed by atoms with Crippen LogP contribution in [0.1, 0.15) is 6.42 Å². The zero-order valence-corrected chi connectivity index (χ0v) is 8.85. The number of likely N-dealkylation sites (tertiary alicyclic amines) is 1. The average molecular weight is 200 g/mol. The maximum atomic E-state index is 9.39. The Morgan fingerprint density at radius 1 is 1.36 bits per heavy atom. The zero-order chi connectivity index (χ0) is 9.97. The number of hydrogen-bond donors (Lipinski definition) is 1. The van der Waals surface area contributed by atoms with E-state index in [0.29, 0.717) is 6.10 Å². The normalized spacial score (nSPS) is 36.4. The van der Waals surface area contributed by atoms with E-state index in [4.69, 9.17) is 4.74 Å². The predicted octanol–water partition coefficient (Wildman–Crippen LogP) is -0.616. The largest absolute Gasteiger partial charge is 0.392 e. The number of nitrogens with zero attached hydrogens (tertiary/aromatic N) is 2. The van der Waals surface area contributed by atoms with Crippen molar-refractivity contribution in [2.24, 2.45) is 0 Å². The summed E-state index contributed by atoms with van der Waals surface area (Å²) in [6.45, 7) is 5.72. The molecule has 0 aliphatic carbocycles. The van der Waals surface area contributed by atoms with Gasteiger partial charge < -0.3 is 14.7 Å². The smallest absolute Gasteiger partial charge is 0.0829 e. The Balaban J connectivity index is 1.74. The first kappa shape index (κ1) is 10.4. The molecule has 2 atom stereocenters. The first-order valence-electron chi connectivity index (χ1n) is 5.44. The van der Waals surface area contributed by atoms with Gasteiger partial charge in [-0.05, 0) is 13.5 Å². The summed E-state index contributed by atoms with van der Waals surface area (Å²) in [4.78, 5) is 4.61. The second-order valence-corrected chi connectivity index (χ2v) is 4.46. The van der Waals surface area contributed by atoms with E-state index in [0.717, 1.165) is 45.8 Å². The molecule has 0 aromatic carbocycles. The maximum absolute atomic E-state index is 9.39. The number of rotatable bonds is 2. The van der Waals surface area contributed by atoms with Gasteiger partial charge in [0.1, 0.15) is 0 Å². The van der Waals surface area contributed by atoms with Crippen LogP contribution in [0.3, 0.4) is 0 Å². The second kappa shape index (κ2) is 4.57. The van der Waals surface area contributed by atoms with Crippen LogP contribution in [0.2, 0.25) is 0 Å². The number of ether oxygens (including phenoxy) is 1. The highest BCUT2D eigenvalue weighted by Gasteiger charge is 2.25. The Hall–Kier alpha value is -0.160. The molecule has 2 saturated heterocycles. The molecule has 14 heavy (non-hydrogen) atoms. The average Bonchev–Trinajstić information content (AvgIpc) is 2.51. The van der Waals surface area contributed by atoms with Gasteiger partial charge in [0.25, 0.3) is 0 Å². The second-order valence-electron chi connectivity index (χ2n) is 4.46. The van der Waals surface area contributed by atoms with E-state index >= 15 is 0 Å². The van der Waals surface area contributed by atoms with Crippen LogP contribution in [0.15, 0.2) is 0 Å². The quantitative estimate of drug-likeness (QED) is 0.645. The van der Waals surface area contributed by atoms with Crippen molar-refractivity contribution in [3.05, 3.63) is 0 Å². The Morgan fingerprint density at radius 3 is 2.86 bits per heavy atom. The third-order valence-corrected chi connectivity index (χ3v) is 3.05. The molecule has 4 nitrogen and oxygen atoms in total. The number of β-amino-alcohol motifs (C(OH)–C–C–N with tert-alkyl or cyclic N) is 1. The Bertz CT molecular complexity index is 189. The summed E-state index contributed by atoms with van der Waals surface area (Å²) in [7, 11) is 2.13. The highest BCUT2D eigenvalue weighted by Crippen LogP contribution is 2.12. The number of aliphatic hydroxyl groups is 1. The summed E-state index contributed by atoms with van der Waals surface area (Å²) in [5.74, 6) is 0. The Kier molecular flexibility index (Phi) is 3.38. The first-order valence-corrected chi connectivity index (χ1v) is 5.44. The van der Waals surface area contributed by atoms with Gasteiger partial charge in [-0.15, -0.1) is 0 Å². The first-order chi connectivity index (χ1) is 6.74. The lowest BCUT2D eigenvalue weighted by molar-refractivity contribution is -0.0338. The van der Waals surface area contributed by atoms with Crippen LogP contribution in [-0.4, -0.2) is 73.5 Å². The van der Waals surface area contributed by atoms with Crippen molar-refractivity contribution in [2.75, 3.05) is 46.4 Å². The van der Waals surface area contributed by atoms with Crippen molar-refractivity contribution in [3.8, 4) is 0 Å². The molecule has 2 rings (SSSR count). The monoisotopic (exact) mass is 200 g/mol. The van der Waals surface area contributed by atoms with Crippen LogP contribution in [0.4, 0.5) is 0 Å². The van der Waals surface area contributed by atoms with E-state index in [1.54, 1.807) is 0 Å². The van der Waals surface area contributed by atoms with Crippen molar-refractivity contribution in [3.63, 3.8) is 0 Å². The van der Waals surface area contributed by atoms with Crippen LogP contribution in [0, 0.1) is 0 Å². The topological polar surface area (TPSA) is 35.9 Å². The predicted molar refractivity (Wildman–Crippen MR) is 54.3 cm³/mol. The van der Waals surface area contributed by atoms with Crippen LogP contribution in [-0.2, 0) is 4.74 Å². The molecule has 0 bridgehead atoms. The lowest BCUT2D eigenvalue weighted by atomic mass is 10.2. The molecule has 1 unspecified atom stereocenters. The van der Waals surface area contributed by atoms with Gasteiger partial charge in [-0.2, -0.15) is 0 Å². The van der Waals surface area contributed by atoms with Crippen molar-refractivity contribution in [1.82, 2.24) is 9.80 Å². The number of morpholine rings is 1. The van der Waals surface area contributed by atoms with E-state index in [2.05, 4.69) is 16.8 Å². The highest BCUT2D eigenvalue weighted by molar-refractivity contribution is 4.79. The van der Waals surface area contributed by atoms with Gasteiger partial charge in [0.15, 0.2) is 0 Å². The van der Waals surface area contributed by atoms with Crippen LogP contribution >= 0.6 is 0 Å². The third kappa shape index (κ3) is 2.67. The van der Waals surface area contributed by atoms with Crippen molar-refractivity contribution in [1.29, 1.82) is 0 Å². The minimum atomic E-state index is -0.115. The van der Waals surface area contributed by atoms with Gasteiger partial charge in [-0.25, -0.2) is 0 Å². The lowest BCUT2D eigenvalue weighted by Crippen LogP contribution is -2.45. The molecule has 0 aromatic heterocycles. The molecule has 2 fully saturated rings. The Morgan fingerprint density at radius 2 is 2.21 bits per heavy atom. The summed E-state index contributed by atoms with van der Waals surface area (Å²) in [6.07, 6.45) is 1.14. The van der Waals surface area contributed by atoms with E-state index in [9.17, 15) is 5.11 Å². The SMILES string of the molecule is CN1CCOC(CN2CC[C@@H](O)C2)C1. The summed E-state index contributed by atoms with van der Waals surface area (Å²) in [6, 6.07) is 0. The summed E-state index contributed by atoms with van der Waals surface area (Å²) < 4.78 is 5.68. The third-order valence-electron chi connectivity index (χ3n) is 3.05. The van der Waals surface area contributed by atoms with Crippen molar-refractivity contribution < 1.29 is 9.84 Å². The molecule has 0 amide bonds. The molecule has 0 saturated carbocycles. The molecule has 4 heteroatoms. The Labute approximate surface area is 85.4 Å². The fraction of sp³-hybridized carbons (Fsp3) is 1.00. The van der Waals surface area contributed by atoms with Gasteiger partial charge in [-0.1, -0.05) is 0 Å². The lowest BCUT2D eigenvalue weighted by Gasteiger charge is -2.32. The van der Waals surface area contributed by atoms with E-state index in [-0.39, 0.29) is 6.10 Å². The summed E-state index contributed by atoms with van der Waals surface area (Å²) >= 11 is 0. The molecule has 0 radical (unpaired) electrons. The van der Waals surface area contributed by atoms with Gasteiger partial charge in [-0.3, -0.25) is 4.90 Å². The number of aliphatic hydroxyl groups excluding tert-OH is 1. The number of hydrogen-bond acceptors (Lipinski definition) is 4. The molecule has 2 heterocycles. The molecule has 2 aliphatic heterocycles. The minimum Gasteiger partial charge on any atom is -0.392 e. The van der Waals surface area contributed by atoms with E-state index < -0.39 is 0 Å². The molecule has 1 N–H and O–H groups in total. The number of likely N-dealkylation sites (N-methyl/N-ethyl adjacent to an activating group) is 1. The summed E-state index contributed by atoms with van der Waals surface area (Å²) in [5.41, 5.74) is 0. The molecular formula is C10H20N2O2. The van der Waals surface area contributed by atoms with Crippen molar-refractivity contribution in [2.45, 2.75) is 18.6 Å². The van der Waals surface area contributed by atoms with Crippen LogP contribution in [0.25, 0.3) is 0 Å². The molecule has 82 valence electrons.